The van der Waals surface area contributed by atoms with E-state index in [4.69, 9.17) is 0 Å². The number of nitrogens with zero attached hydrogens (tertiary/aromatic N) is 1. The molecule has 1 amide bonds. The molecule has 1 aromatic heterocycles. The third-order valence-electron chi connectivity index (χ3n) is 0.692. The van der Waals surface area contributed by atoms with Crippen molar-refractivity contribution in [1.29, 1.82) is 0 Å². The molecule has 1 heterocycles. The van der Waals surface area contributed by atoms with Crippen LogP contribution in [0.2, 0.25) is 0 Å². The fourth-order valence-electron chi connectivity index (χ4n) is 0.411. The molecule has 48 valence electrons. The normalized spacial score (nSPS) is 8.89. The summed E-state index contributed by atoms with van der Waals surface area (Å²) in [5.74, 6) is 0.322. The lowest BCUT2D eigenvalue weighted by Gasteiger charge is -1.90. The van der Waals surface area contributed by atoms with Gasteiger partial charge in [-0.2, -0.15) is 5.10 Å². The first kappa shape index (κ1) is 5.61. The first-order chi connectivity index (χ1) is 4.29. The Hall–Kier alpha value is -1.52. The SMILES string of the molecule is NC(=O)Oc1cn[nH]c1. The standard InChI is InChI=1S/C4H5N3O2/c5-4(8)9-3-1-6-7-2-3/h1-2H,(H2,5,8)(H,6,7). The summed E-state index contributed by atoms with van der Waals surface area (Å²) in [6, 6.07) is 0. The van der Waals surface area contributed by atoms with Gasteiger partial charge in [-0.3, -0.25) is 5.10 Å². The van der Waals surface area contributed by atoms with Crippen LogP contribution in [0.4, 0.5) is 4.79 Å². The van der Waals surface area contributed by atoms with Crippen LogP contribution in [0.25, 0.3) is 0 Å². The smallest absolute Gasteiger partial charge is 0.407 e. The van der Waals surface area contributed by atoms with Gasteiger partial charge in [0.1, 0.15) is 0 Å². The molecule has 5 heteroatoms. The van der Waals surface area contributed by atoms with E-state index in [9.17, 15) is 4.79 Å². The maximum Gasteiger partial charge on any atom is 0.410 e. The van der Waals surface area contributed by atoms with E-state index in [-0.39, 0.29) is 0 Å². The van der Waals surface area contributed by atoms with Crippen LogP contribution in [0.3, 0.4) is 0 Å². The zero-order chi connectivity index (χ0) is 6.69. The molecule has 0 aliphatic heterocycles. The van der Waals surface area contributed by atoms with Gasteiger partial charge in [0, 0.05) is 0 Å². The highest BCUT2D eigenvalue weighted by Crippen LogP contribution is 2.03. The van der Waals surface area contributed by atoms with Gasteiger partial charge >= 0.3 is 6.09 Å². The third kappa shape index (κ3) is 1.45. The van der Waals surface area contributed by atoms with Gasteiger partial charge in [0.25, 0.3) is 0 Å². The molecule has 9 heavy (non-hydrogen) atoms. The van der Waals surface area contributed by atoms with E-state index in [1.54, 1.807) is 0 Å². The highest BCUT2D eigenvalue weighted by molar-refractivity contribution is 5.67. The monoisotopic (exact) mass is 127 g/mol. The van der Waals surface area contributed by atoms with E-state index in [2.05, 4.69) is 20.7 Å². The molecule has 0 aliphatic rings. The topological polar surface area (TPSA) is 81.0 Å². The number of nitrogens with two attached hydrogens (primary N) is 1. The third-order valence-corrected chi connectivity index (χ3v) is 0.692. The average Bonchev–Trinajstić information content (AvgIpc) is 2.15. The fraction of sp³-hybridized carbons (Fsp3) is 0. The van der Waals surface area contributed by atoms with Crippen molar-refractivity contribution in [3.8, 4) is 5.75 Å². The summed E-state index contributed by atoms with van der Waals surface area (Å²) in [6.07, 6.45) is 1.94. The minimum absolute atomic E-state index is 0.322. The molecule has 0 atom stereocenters. The lowest BCUT2D eigenvalue weighted by molar-refractivity contribution is 0.211. The Morgan fingerprint density at radius 1 is 1.89 bits per heavy atom. The van der Waals surface area contributed by atoms with Crippen molar-refractivity contribution in [3.63, 3.8) is 0 Å². The summed E-state index contributed by atoms with van der Waals surface area (Å²) in [7, 11) is 0. The van der Waals surface area contributed by atoms with Gasteiger partial charge in [-0.25, -0.2) is 4.79 Å². The Balaban J connectivity index is 2.58. The van der Waals surface area contributed by atoms with Crippen molar-refractivity contribution < 1.29 is 9.53 Å². The minimum atomic E-state index is -0.837. The molecule has 0 bridgehead atoms. The molecule has 0 unspecified atom stereocenters. The number of rotatable bonds is 1. The fourth-order valence-corrected chi connectivity index (χ4v) is 0.411. The van der Waals surface area contributed by atoms with Crippen LogP contribution in [-0.2, 0) is 0 Å². The molecule has 0 fully saturated rings. The van der Waals surface area contributed by atoms with Gasteiger partial charge in [-0.1, -0.05) is 0 Å². The van der Waals surface area contributed by atoms with Crippen molar-refractivity contribution in [1.82, 2.24) is 10.2 Å². The number of primary amides is 1. The Morgan fingerprint density at radius 2 is 2.67 bits per heavy atom. The Kier molecular flexibility index (Phi) is 1.35. The van der Waals surface area contributed by atoms with Gasteiger partial charge in [0.2, 0.25) is 0 Å². The van der Waals surface area contributed by atoms with Crippen LogP contribution in [0.5, 0.6) is 5.75 Å². The average molecular weight is 127 g/mol. The summed E-state index contributed by atoms with van der Waals surface area (Å²) in [6.45, 7) is 0. The van der Waals surface area contributed by atoms with Crippen LogP contribution in [-0.4, -0.2) is 16.3 Å². The molecular formula is C4H5N3O2. The van der Waals surface area contributed by atoms with Crippen molar-refractivity contribution >= 4 is 6.09 Å². The van der Waals surface area contributed by atoms with E-state index >= 15 is 0 Å². The van der Waals surface area contributed by atoms with E-state index in [0.29, 0.717) is 5.75 Å². The molecule has 1 rings (SSSR count). The number of hydrogen-bond donors (Lipinski definition) is 2. The number of ether oxygens (including phenoxy) is 1. The lowest BCUT2D eigenvalue weighted by atomic mass is 10.7. The number of hydrogen-bond acceptors (Lipinski definition) is 3. The summed E-state index contributed by atoms with van der Waals surface area (Å²) in [5, 5.41) is 5.97. The largest absolute Gasteiger partial charge is 0.410 e. The maximum absolute atomic E-state index is 10.0. The second kappa shape index (κ2) is 2.17. The molecule has 0 aromatic carbocycles. The summed E-state index contributed by atoms with van der Waals surface area (Å²) >= 11 is 0. The maximum atomic E-state index is 10.0. The Morgan fingerprint density at radius 3 is 3.11 bits per heavy atom. The molecule has 1 aromatic rings. The molecule has 0 aliphatic carbocycles. The number of nitrogens with one attached hydrogen (secondary N) is 1. The molecule has 5 nitrogen and oxygen atoms in total. The van der Waals surface area contributed by atoms with E-state index in [1.165, 1.54) is 12.4 Å². The van der Waals surface area contributed by atoms with Gasteiger partial charge in [-0.05, 0) is 0 Å². The number of aromatic nitrogens is 2. The Labute approximate surface area is 50.8 Å². The van der Waals surface area contributed by atoms with Crippen molar-refractivity contribution in [2.75, 3.05) is 0 Å². The second-order valence-corrected chi connectivity index (χ2v) is 1.36. The lowest BCUT2D eigenvalue weighted by Crippen LogP contribution is -2.15. The quantitative estimate of drug-likeness (QED) is 0.551. The predicted molar refractivity (Wildman–Crippen MR) is 28.8 cm³/mol. The van der Waals surface area contributed by atoms with Crippen molar-refractivity contribution in [2.45, 2.75) is 0 Å². The van der Waals surface area contributed by atoms with Crippen LogP contribution in [0.15, 0.2) is 12.4 Å². The van der Waals surface area contributed by atoms with Crippen LogP contribution >= 0.6 is 0 Å². The number of carbonyl (C=O) groups is 1. The summed E-state index contributed by atoms with van der Waals surface area (Å²) < 4.78 is 4.40. The first-order valence-corrected chi connectivity index (χ1v) is 2.25. The molecule has 0 saturated carbocycles. The first-order valence-electron chi connectivity index (χ1n) is 2.25. The molecular weight excluding hydrogens is 122 g/mol. The van der Waals surface area contributed by atoms with Gasteiger partial charge < -0.3 is 10.5 Å². The number of amides is 1. The van der Waals surface area contributed by atoms with Crippen LogP contribution in [0.1, 0.15) is 0 Å². The highest BCUT2D eigenvalue weighted by atomic mass is 16.5. The van der Waals surface area contributed by atoms with E-state index < -0.39 is 6.09 Å². The number of carbonyl (C=O) groups excluding carboxylic acids is 1. The van der Waals surface area contributed by atoms with Crippen molar-refractivity contribution in [2.24, 2.45) is 5.73 Å². The minimum Gasteiger partial charge on any atom is -0.407 e. The molecule has 0 spiro atoms. The highest BCUT2D eigenvalue weighted by Gasteiger charge is 1.96. The van der Waals surface area contributed by atoms with Gasteiger partial charge in [0.05, 0.1) is 12.4 Å². The molecule has 0 radical (unpaired) electrons. The molecule has 0 saturated heterocycles. The van der Waals surface area contributed by atoms with Gasteiger partial charge in [-0.15, -0.1) is 0 Å². The molecule has 3 N–H and O–H groups in total. The zero-order valence-corrected chi connectivity index (χ0v) is 4.50. The van der Waals surface area contributed by atoms with E-state index in [0.717, 1.165) is 0 Å². The van der Waals surface area contributed by atoms with Crippen molar-refractivity contribution in [3.05, 3.63) is 12.4 Å². The van der Waals surface area contributed by atoms with Gasteiger partial charge in [0.15, 0.2) is 5.75 Å². The van der Waals surface area contributed by atoms with Crippen LogP contribution < -0.4 is 10.5 Å². The zero-order valence-electron chi connectivity index (χ0n) is 4.50. The summed E-state index contributed by atoms with van der Waals surface area (Å²) in [4.78, 5) is 10.0. The number of H-pyrrole nitrogens is 1. The Bertz CT molecular complexity index is 194. The number of aromatic amines is 1. The second-order valence-electron chi connectivity index (χ2n) is 1.36. The van der Waals surface area contributed by atoms with E-state index in [1.807, 2.05) is 0 Å². The van der Waals surface area contributed by atoms with Crippen LogP contribution in [0, 0.1) is 0 Å². The summed E-state index contributed by atoms with van der Waals surface area (Å²) in [5.41, 5.74) is 4.68. The predicted octanol–water partition coefficient (Wildman–Crippen LogP) is -0.133.